The van der Waals surface area contributed by atoms with Gasteiger partial charge in [0.1, 0.15) is 0 Å². The van der Waals surface area contributed by atoms with E-state index in [9.17, 15) is 9.59 Å². The van der Waals surface area contributed by atoms with E-state index in [-0.39, 0.29) is 53.2 Å². The standard InChI is InChI=1S/C40H33N3O3Se.Na/c44-38(47)37(42-39(45)46-26-36-34-22-12-10-20-32(34)33-21-11-13-23-35(33)36)24-31-25-43(27-41-31)40(28-14-4-1-5-15-28,29-16-6-2-7-17-29)30-18-8-3-9-19-30;/h1-23,25,27,36-37H,24,26H2,(H,42,45)(H,44,47);/q;+1/p-1/t37-;/m1./s1. The quantitative estimate of drug-likeness (QED) is 0.174. The molecule has 1 heterocycles. The Morgan fingerprint density at radius 1 is 0.729 bits per heavy atom. The minimum atomic E-state index is -0.853. The van der Waals surface area contributed by atoms with Crippen molar-refractivity contribution >= 4 is 26.8 Å². The summed E-state index contributed by atoms with van der Waals surface area (Å²) in [5.74, 6) is -0.0757. The predicted octanol–water partition coefficient (Wildman–Crippen LogP) is 3.87. The van der Waals surface area contributed by atoms with Crippen LogP contribution < -0.4 is 34.9 Å². The molecule has 232 valence electrons. The summed E-state index contributed by atoms with van der Waals surface area (Å²) in [6.07, 6.45) is 3.31. The first-order chi connectivity index (χ1) is 23.1. The molecule has 1 amide bonds. The van der Waals surface area contributed by atoms with Crippen LogP contribution in [0.5, 0.6) is 0 Å². The van der Waals surface area contributed by atoms with Crippen LogP contribution in [0.1, 0.15) is 39.4 Å². The molecule has 48 heavy (non-hydrogen) atoms. The third-order valence-corrected chi connectivity index (χ3v) is 9.53. The Hall–Kier alpha value is -4.23. The van der Waals surface area contributed by atoms with Gasteiger partial charge in [-0.3, -0.25) is 0 Å². The van der Waals surface area contributed by atoms with Crippen LogP contribution in [0.2, 0.25) is 0 Å². The van der Waals surface area contributed by atoms with Gasteiger partial charge in [-0.2, -0.15) is 0 Å². The first-order valence-electron chi connectivity index (χ1n) is 15.6. The maximum absolute atomic E-state index is 13.1. The van der Waals surface area contributed by atoms with E-state index >= 15 is 0 Å². The number of aromatic nitrogens is 2. The molecule has 5 aromatic carbocycles. The normalized spacial score (nSPS) is 12.7. The summed E-state index contributed by atoms with van der Waals surface area (Å²) in [5, 5.41) is 2.79. The fourth-order valence-corrected chi connectivity index (χ4v) is 7.12. The molecule has 0 saturated carbocycles. The number of alkyl carbamates (subject to hydrolysis) is 1. The fourth-order valence-electron chi connectivity index (χ4n) is 6.82. The number of nitrogens with one attached hydrogen (secondary N) is 1. The second-order valence-corrected chi connectivity index (χ2v) is 12.5. The number of nitrogens with zero attached hydrogens (tertiary/aromatic N) is 2. The van der Waals surface area contributed by atoms with Crippen molar-refractivity contribution in [1.82, 2.24) is 14.9 Å². The minimum Gasteiger partial charge on any atom is 1.00 e. The van der Waals surface area contributed by atoms with Gasteiger partial charge in [-0.15, -0.1) is 0 Å². The van der Waals surface area contributed by atoms with Gasteiger partial charge in [-0.05, 0) is 0 Å². The summed E-state index contributed by atoms with van der Waals surface area (Å²) in [6, 6.07) is 46.5. The fraction of sp³-hybridized carbons (Fsp3) is 0.125. The van der Waals surface area contributed by atoms with Crippen molar-refractivity contribution in [3.63, 3.8) is 0 Å². The first kappa shape index (κ1) is 33.7. The molecule has 6 aromatic rings. The van der Waals surface area contributed by atoms with Gasteiger partial charge in [-0.1, -0.05) is 0 Å². The number of amides is 1. The van der Waals surface area contributed by atoms with E-state index < -0.39 is 17.7 Å². The molecule has 0 unspecified atom stereocenters. The molecule has 0 aliphatic heterocycles. The Bertz CT molecular complexity index is 1880. The van der Waals surface area contributed by atoms with E-state index in [4.69, 9.17) is 9.72 Å². The predicted molar refractivity (Wildman–Crippen MR) is 183 cm³/mol. The Balaban J connectivity index is 0.00000401. The molecule has 1 aliphatic rings. The van der Waals surface area contributed by atoms with Crippen LogP contribution in [0, 0.1) is 0 Å². The van der Waals surface area contributed by atoms with Gasteiger partial charge in [0, 0.05) is 0 Å². The molecule has 1 N–H and O–H groups in total. The SMILES string of the molecule is O=C(N[C@H](Cc1cn(C(c2ccccc2)(c2ccccc2)c2ccccc2)cn1)C(=O)[Se-])OCC1c2ccccc2-c2ccccc21.[Na+]. The summed E-state index contributed by atoms with van der Waals surface area (Å²) in [5.41, 5.74) is 7.68. The third-order valence-electron chi connectivity index (χ3n) is 8.93. The summed E-state index contributed by atoms with van der Waals surface area (Å²) >= 11 is 2.56. The van der Waals surface area contributed by atoms with Gasteiger partial charge >= 0.3 is 313 Å². The second kappa shape index (κ2) is 14.9. The second-order valence-electron chi connectivity index (χ2n) is 11.6. The number of carbonyl (C=O) groups excluding carboxylic acids is 2. The molecule has 0 radical (unpaired) electrons. The van der Waals surface area contributed by atoms with Crippen LogP contribution in [0.15, 0.2) is 152 Å². The summed E-state index contributed by atoms with van der Waals surface area (Å²) < 4.78 is 7.55. The maximum atomic E-state index is 13.1. The van der Waals surface area contributed by atoms with Gasteiger partial charge in [0.05, 0.1) is 0 Å². The number of carbonyl (C=O) groups is 2. The van der Waals surface area contributed by atoms with E-state index in [1.54, 1.807) is 6.33 Å². The molecule has 1 aromatic heterocycles. The smallest absolute Gasteiger partial charge is 1.00 e. The number of imidazole rings is 1. The first-order valence-corrected chi connectivity index (χ1v) is 16.4. The van der Waals surface area contributed by atoms with Crippen molar-refractivity contribution in [2.75, 3.05) is 6.61 Å². The van der Waals surface area contributed by atoms with Gasteiger partial charge in [-0.25, -0.2) is 0 Å². The zero-order valence-corrected chi connectivity index (χ0v) is 30.2. The molecule has 0 bridgehead atoms. The zero-order chi connectivity index (χ0) is 32.2. The average Bonchev–Trinajstić information content (AvgIpc) is 3.71. The average molecular weight is 705 g/mol. The molecule has 0 spiro atoms. The minimum absolute atomic E-state index is 0. The summed E-state index contributed by atoms with van der Waals surface area (Å²) in [7, 11) is 0. The van der Waals surface area contributed by atoms with E-state index in [1.165, 1.54) is 0 Å². The molecular formula is C40H32N3NaO3Se. The van der Waals surface area contributed by atoms with Gasteiger partial charge in [0.15, 0.2) is 0 Å². The Labute approximate surface area is 310 Å². The Morgan fingerprint density at radius 3 is 1.67 bits per heavy atom. The molecule has 1 aliphatic carbocycles. The van der Waals surface area contributed by atoms with Gasteiger partial charge in [0.2, 0.25) is 0 Å². The van der Waals surface area contributed by atoms with E-state index in [2.05, 4.69) is 86.6 Å². The van der Waals surface area contributed by atoms with Gasteiger partial charge in [0.25, 0.3) is 0 Å². The van der Waals surface area contributed by atoms with E-state index in [1.807, 2.05) is 85.1 Å². The zero-order valence-electron chi connectivity index (χ0n) is 26.5. The number of rotatable bonds is 10. The summed E-state index contributed by atoms with van der Waals surface area (Å²) in [4.78, 5) is 30.7. The molecule has 0 fully saturated rings. The molecule has 6 nitrogen and oxygen atoms in total. The van der Waals surface area contributed by atoms with Crippen LogP contribution in [-0.4, -0.2) is 49.0 Å². The third kappa shape index (κ3) is 6.45. The van der Waals surface area contributed by atoms with Crippen molar-refractivity contribution < 1.29 is 43.9 Å². The van der Waals surface area contributed by atoms with Crippen molar-refractivity contribution in [2.45, 2.75) is 23.9 Å². The van der Waals surface area contributed by atoms with Crippen LogP contribution >= 0.6 is 0 Å². The molecule has 0 saturated heterocycles. The monoisotopic (exact) mass is 705 g/mol. The molecule has 7 rings (SSSR count). The molecule has 1 atom stereocenters. The van der Waals surface area contributed by atoms with Crippen molar-refractivity contribution in [3.05, 3.63) is 186 Å². The van der Waals surface area contributed by atoms with E-state index in [0.717, 1.165) is 38.9 Å². The number of hydrogen-bond donors (Lipinski definition) is 1. The van der Waals surface area contributed by atoms with Crippen LogP contribution in [0.25, 0.3) is 11.1 Å². The van der Waals surface area contributed by atoms with Crippen LogP contribution in [0.4, 0.5) is 4.79 Å². The van der Waals surface area contributed by atoms with E-state index in [0.29, 0.717) is 5.69 Å². The molecule has 8 heteroatoms. The number of benzene rings is 5. The number of fused-ring (bicyclic) bond motifs is 3. The van der Waals surface area contributed by atoms with Crippen LogP contribution in [0.3, 0.4) is 0 Å². The molecular weight excluding hydrogens is 672 g/mol. The summed E-state index contributed by atoms with van der Waals surface area (Å²) in [6.45, 7) is 0.163. The van der Waals surface area contributed by atoms with Crippen molar-refractivity contribution in [2.24, 2.45) is 0 Å². The maximum Gasteiger partial charge on any atom is 1.00 e. The largest absolute Gasteiger partial charge is 1.00 e. The van der Waals surface area contributed by atoms with Crippen molar-refractivity contribution in [3.8, 4) is 11.1 Å². The van der Waals surface area contributed by atoms with Crippen molar-refractivity contribution in [1.29, 1.82) is 0 Å². The van der Waals surface area contributed by atoms with Crippen LogP contribution in [-0.2, 0) is 21.5 Å². The number of ether oxygens (including phenoxy) is 1. The number of hydrogen-bond acceptors (Lipinski definition) is 4. The Kier molecular flexibility index (Phi) is 10.4. The van der Waals surface area contributed by atoms with Gasteiger partial charge < -0.3 is 0 Å². The topological polar surface area (TPSA) is 73.2 Å². The Morgan fingerprint density at radius 2 is 1.19 bits per heavy atom.